The molecule has 1 aromatic heterocycles. The van der Waals surface area contributed by atoms with E-state index in [1.54, 1.807) is 18.0 Å². The van der Waals surface area contributed by atoms with E-state index in [1.807, 2.05) is 42.5 Å². The van der Waals surface area contributed by atoms with Crippen LogP contribution in [0.5, 0.6) is 0 Å². The van der Waals surface area contributed by atoms with Crippen LogP contribution in [0.15, 0.2) is 63.7 Å². The van der Waals surface area contributed by atoms with Crippen molar-refractivity contribution in [2.24, 2.45) is 5.16 Å². The van der Waals surface area contributed by atoms with Crippen molar-refractivity contribution >= 4 is 18.0 Å². The Morgan fingerprint density at radius 3 is 2.69 bits per heavy atom. The smallest absolute Gasteiger partial charge is 0.110 e. The van der Waals surface area contributed by atoms with Gasteiger partial charge in [-0.1, -0.05) is 35.1 Å². The number of benzene rings is 1. The average Bonchev–Trinajstić information content (AvgIpc) is 2.33. The van der Waals surface area contributed by atoms with Crippen molar-refractivity contribution in [3.05, 3.63) is 54.2 Å². The maximum Gasteiger partial charge on any atom is 0.110 e. The van der Waals surface area contributed by atoms with Crippen molar-refractivity contribution in [2.75, 3.05) is 0 Å². The van der Waals surface area contributed by atoms with Gasteiger partial charge in [0, 0.05) is 16.7 Å². The maximum absolute atomic E-state index is 8.54. The van der Waals surface area contributed by atoms with Crippen molar-refractivity contribution < 1.29 is 5.21 Å². The second-order valence-electron chi connectivity index (χ2n) is 3.06. The molecule has 0 aliphatic heterocycles. The molecule has 0 bridgehead atoms. The maximum atomic E-state index is 8.54. The lowest BCUT2D eigenvalue weighted by Crippen LogP contribution is -1.89. The molecular weight excluding hydrogens is 220 g/mol. The first-order valence-electron chi connectivity index (χ1n) is 4.75. The third-order valence-electron chi connectivity index (χ3n) is 1.96. The highest BCUT2D eigenvalue weighted by Crippen LogP contribution is 2.27. The summed E-state index contributed by atoms with van der Waals surface area (Å²) >= 11 is 1.54. The molecule has 4 heteroatoms. The largest absolute Gasteiger partial charge is 0.411 e. The van der Waals surface area contributed by atoms with Crippen LogP contribution in [0.2, 0.25) is 0 Å². The topological polar surface area (TPSA) is 45.5 Å². The number of oxime groups is 1. The second kappa shape index (κ2) is 5.32. The van der Waals surface area contributed by atoms with E-state index in [1.165, 1.54) is 6.21 Å². The third kappa shape index (κ3) is 2.61. The van der Waals surface area contributed by atoms with E-state index < -0.39 is 0 Å². The zero-order chi connectivity index (χ0) is 11.2. The highest BCUT2D eigenvalue weighted by atomic mass is 32.2. The molecule has 0 saturated heterocycles. The van der Waals surface area contributed by atoms with Crippen LogP contribution in [0.1, 0.15) is 5.56 Å². The minimum absolute atomic E-state index is 0.804. The summed E-state index contributed by atoms with van der Waals surface area (Å²) < 4.78 is 0. The lowest BCUT2D eigenvalue weighted by Gasteiger charge is -2.03. The van der Waals surface area contributed by atoms with Gasteiger partial charge in [-0.2, -0.15) is 0 Å². The Bertz CT molecular complexity index is 485. The van der Waals surface area contributed by atoms with Gasteiger partial charge in [0.25, 0.3) is 0 Å². The highest BCUT2D eigenvalue weighted by Gasteiger charge is 2.03. The Morgan fingerprint density at radius 2 is 1.94 bits per heavy atom. The molecule has 80 valence electrons. The Balaban J connectivity index is 2.28. The Hall–Kier alpha value is -1.81. The van der Waals surface area contributed by atoms with Crippen LogP contribution in [-0.2, 0) is 0 Å². The molecule has 0 spiro atoms. The lowest BCUT2D eigenvalue weighted by molar-refractivity contribution is 0.321. The molecule has 0 atom stereocenters. The summed E-state index contributed by atoms with van der Waals surface area (Å²) in [5.74, 6) is 0. The Kier molecular flexibility index (Phi) is 3.56. The summed E-state index contributed by atoms with van der Waals surface area (Å²) in [6.45, 7) is 0. The first-order valence-corrected chi connectivity index (χ1v) is 5.57. The van der Waals surface area contributed by atoms with Crippen molar-refractivity contribution in [1.82, 2.24) is 4.98 Å². The minimum atomic E-state index is 0.804. The number of hydrogen-bond acceptors (Lipinski definition) is 4. The number of pyridine rings is 1. The molecule has 3 nitrogen and oxygen atoms in total. The number of hydrogen-bond donors (Lipinski definition) is 1. The average molecular weight is 230 g/mol. The summed E-state index contributed by atoms with van der Waals surface area (Å²) in [4.78, 5) is 5.36. The molecule has 1 heterocycles. The van der Waals surface area contributed by atoms with Gasteiger partial charge in [0.15, 0.2) is 0 Å². The molecule has 0 saturated carbocycles. The van der Waals surface area contributed by atoms with Gasteiger partial charge < -0.3 is 5.21 Å². The van der Waals surface area contributed by atoms with E-state index in [2.05, 4.69) is 10.1 Å². The fourth-order valence-electron chi connectivity index (χ4n) is 1.25. The van der Waals surface area contributed by atoms with Crippen LogP contribution in [0.4, 0.5) is 0 Å². The zero-order valence-electron chi connectivity index (χ0n) is 8.45. The van der Waals surface area contributed by atoms with Crippen LogP contribution < -0.4 is 0 Å². The lowest BCUT2D eigenvalue weighted by atomic mass is 10.3. The van der Waals surface area contributed by atoms with E-state index >= 15 is 0 Å². The minimum Gasteiger partial charge on any atom is -0.411 e. The number of aromatic nitrogens is 1. The van der Waals surface area contributed by atoms with Crippen molar-refractivity contribution in [3.8, 4) is 0 Å². The molecule has 2 rings (SSSR count). The number of nitrogens with zero attached hydrogens (tertiary/aromatic N) is 2. The fraction of sp³-hybridized carbons (Fsp3) is 0. The van der Waals surface area contributed by atoms with Gasteiger partial charge in [0.2, 0.25) is 0 Å². The van der Waals surface area contributed by atoms with Crippen LogP contribution in [0.25, 0.3) is 0 Å². The first kappa shape index (κ1) is 10.7. The van der Waals surface area contributed by atoms with E-state index in [4.69, 9.17) is 5.21 Å². The predicted octanol–water partition coefficient (Wildman–Crippen LogP) is 3.04. The third-order valence-corrected chi connectivity index (χ3v) is 3.00. The Labute approximate surface area is 97.8 Å². The Morgan fingerprint density at radius 1 is 1.12 bits per heavy atom. The van der Waals surface area contributed by atoms with E-state index in [9.17, 15) is 0 Å². The standard InChI is InChI=1S/C12H10N2OS/c15-14-9-10-5-4-8-13-12(10)16-11-6-2-1-3-7-11/h1-9,15H. The molecule has 0 amide bonds. The van der Waals surface area contributed by atoms with E-state index in [-0.39, 0.29) is 0 Å². The summed E-state index contributed by atoms with van der Waals surface area (Å²) in [7, 11) is 0. The van der Waals surface area contributed by atoms with Crippen LogP contribution >= 0.6 is 11.8 Å². The van der Waals surface area contributed by atoms with Gasteiger partial charge in [0.05, 0.1) is 6.21 Å². The molecule has 0 unspecified atom stereocenters. The van der Waals surface area contributed by atoms with E-state index in [0.717, 1.165) is 15.5 Å². The molecule has 1 aromatic carbocycles. The zero-order valence-corrected chi connectivity index (χ0v) is 9.26. The summed E-state index contributed by atoms with van der Waals surface area (Å²) in [5.41, 5.74) is 0.804. The second-order valence-corrected chi connectivity index (χ2v) is 4.12. The van der Waals surface area contributed by atoms with Crippen LogP contribution in [0, 0.1) is 0 Å². The SMILES string of the molecule is ON=Cc1cccnc1Sc1ccccc1. The molecule has 16 heavy (non-hydrogen) atoms. The predicted molar refractivity (Wildman–Crippen MR) is 64.2 cm³/mol. The van der Waals surface area contributed by atoms with Gasteiger partial charge in [-0.3, -0.25) is 0 Å². The van der Waals surface area contributed by atoms with Crippen LogP contribution in [0.3, 0.4) is 0 Å². The molecule has 1 N–H and O–H groups in total. The molecule has 0 aliphatic rings. The normalized spacial score (nSPS) is 10.8. The van der Waals surface area contributed by atoms with Gasteiger partial charge >= 0.3 is 0 Å². The number of rotatable bonds is 3. The molecular formula is C12H10N2OS. The van der Waals surface area contributed by atoms with Crippen LogP contribution in [-0.4, -0.2) is 16.4 Å². The van der Waals surface area contributed by atoms with Crippen molar-refractivity contribution in [1.29, 1.82) is 0 Å². The molecule has 0 fully saturated rings. The summed E-state index contributed by atoms with van der Waals surface area (Å²) in [6.07, 6.45) is 3.11. The highest BCUT2D eigenvalue weighted by molar-refractivity contribution is 7.99. The molecule has 2 aromatic rings. The van der Waals surface area contributed by atoms with Crippen molar-refractivity contribution in [2.45, 2.75) is 9.92 Å². The van der Waals surface area contributed by atoms with Gasteiger partial charge in [0.1, 0.15) is 5.03 Å². The van der Waals surface area contributed by atoms with Crippen molar-refractivity contribution in [3.63, 3.8) is 0 Å². The fourth-order valence-corrected chi connectivity index (χ4v) is 2.12. The first-order chi connectivity index (χ1) is 7.90. The van der Waals surface area contributed by atoms with Gasteiger partial charge in [-0.15, -0.1) is 0 Å². The molecule has 0 radical (unpaired) electrons. The molecule has 0 aliphatic carbocycles. The van der Waals surface area contributed by atoms with Gasteiger partial charge in [-0.25, -0.2) is 4.98 Å². The van der Waals surface area contributed by atoms with E-state index in [0.29, 0.717) is 0 Å². The quantitative estimate of drug-likeness (QED) is 0.501. The monoisotopic (exact) mass is 230 g/mol. The van der Waals surface area contributed by atoms with Gasteiger partial charge in [-0.05, 0) is 24.3 Å². The summed E-state index contributed by atoms with van der Waals surface area (Å²) in [6, 6.07) is 13.6. The summed E-state index contributed by atoms with van der Waals surface area (Å²) in [5, 5.41) is 12.4.